The highest BCUT2D eigenvalue weighted by Gasteiger charge is 2.40. The van der Waals surface area contributed by atoms with E-state index in [9.17, 15) is 27.5 Å². The van der Waals surface area contributed by atoms with Crippen molar-refractivity contribution < 1.29 is 32.2 Å². The molecule has 13 heteroatoms. The number of hydrogen-bond donors (Lipinski definition) is 1. The Morgan fingerprint density at radius 1 is 1.17 bits per heavy atom. The van der Waals surface area contributed by atoms with Gasteiger partial charge in [0.15, 0.2) is 11.3 Å². The number of aliphatic hydroxyl groups is 1. The van der Waals surface area contributed by atoms with E-state index < -0.39 is 35.7 Å². The number of alkyl halides is 3. The Labute approximate surface area is 233 Å². The van der Waals surface area contributed by atoms with Gasteiger partial charge in [-0.25, -0.2) is 18.9 Å². The summed E-state index contributed by atoms with van der Waals surface area (Å²) in [5.41, 5.74) is -0.821. The van der Waals surface area contributed by atoms with Crippen molar-refractivity contribution >= 4 is 11.6 Å². The van der Waals surface area contributed by atoms with Crippen LogP contribution in [0.25, 0.3) is 16.9 Å². The number of amides is 1. The Bertz CT molecular complexity index is 1570. The summed E-state index contributed by atoms with van der Waals surface area (Å²) in [7, 11) is 1.42. The Morgan fingerprint density at radius 3 is 2.54 bits per heavy atom. The normalized spacial score (nSPS) is 17.2. The Morgan fingerprint density at radius 2 is 1.93 bits per heavy atom. The number of methoxy groups -OCH3 is 1. The van der Waals surface area contributed by atoms with Crippen LogP contribution in [0.4, 0.5) is 17.6 Å². The first-order valence-electron chi connectivity index (χ1n) is 12.9. The third kappa shape index (κ3) is 5.22. The number of nitrogens with zero attached hydrogens (tertiary/aromatic N) is 6. The van der Waals surface area contributed by atoms with E-state index in [1.165, 1.54) is 37.3 Å². The summed E-state index contributed by atoms with van der Waals surface area (Å²) in [5, 5.41) is 14.0. The summed E-state index contributed by atoms with van der Waals surface area (Å²) in [4.78, 5) is 25.7. The van der Waals surface area contributed by atoms with Gasteiger partial charge in [0.2, 0.25) is 5.88 Å². The van der Waals surface area contributed by atoms with Crippen molar-refractivity contribution in [2.45, 2.75) is 32.1 Å². The molecule has 4 aromatic rings. The van der Waals surface area contributed by atoms with Crippen LogP contribution in [0.2, 0.25) is 0 Å². The molecule has 1 aliphatic heterocycles. The lowest BCUT2D eigenvalue weighted by Gasteiger charge is -2.43. The molecule has 3 aromatic heterocycles. The molecule has 1 amide bonds. The number of benzene rings is 1. The van der Waals surface area contributed by atoms with Crippen LogP contribution in [0.1, 0.15) is 40.1 Å². The van der Waals surface area contributed by atoms with Crippen molar-refractivity contribution in [3.63, 3.8) is 0 Å². The zero-order chi connectivity index (χ0) is 29.5. The number of ether oxygens (including phenoxy) is 1. The van der Waals surface area contributed by atoms with Crippen LogP contribution in [0.5, 0.6) is 5.88 Å². The molecule has 1 unspecified atom stereocenters. The number of pyridine rings is 1. The minimum absolute atomic E-state index is 0.0167. The third-order valence-electron chi connectivity index (χ3n) is 7.40. The molecule has 1 aromatic carbocycles. The first kappa shape index (κ1) is 28.4. The zero-order valence-electron chi connectivity index (χ0n) is 22.6. The lowest BCUT2D eigenvalue weighted by molar-refractivity contribution is -0.143. The maximum Gasteiger partial charge on any atom is 0.433 e. The lowest BCUT2D eigenvalue weighted by atomic mass is 10.0. The van der Waals surface area contributed by atoms with Gasteiger partial charge in [-0.15, -0.1) is 0 Å². The van der Waals surface area contributed by atoms with E-state index >= 15 is 0 Å². The molecule has 2 atom stereocenters. The maximum atomic E-state index is 14.4. The summed E-state index contributed by atoms with van der Waals surface area (Å²) in [6, 6.07) is 8.25. The molecule has 0 radical (unpaired) electrons. The molecule has 41 heavy (non-hydrogen) atoms. The topological polar surface area (TPSA) is 96.1 Å². The van der Waals surface area contributed by atoms with Crippen LogP contribution >= 0.6 is 0 Å². The molecular weight excluding hydrogens is 544 g/mol. The number of carbonyl (C=O) groups is 1. The summed E-state index contributed by atoms with van der Waals surface area (Å²) in [5.74, 6) is -0.675. The predicted molar refractivity (Wildman–Crippen MR) is 141 cm³/mol. The second kappa shape index (κ2) is 11.1. The fourth-order valence-corrected chi connectivity index (χ4v) is 5.36. The van der Waals surface area contributed by atoms with Crippen LogP contribution < -0.4 is 4.74 Å². The average molecular weight is 573 g/mol. The van der Waals surface area contributed by atoms with E-state index in [1.54, 1.807) is 31.2 Å². The van der Waals surface area contributed by atoms with Gasteiger partial charge < -0.3 is 14.7 Å². The second-order valence-electron chi connectivity index (χ2n) is 9.88. The fraction of sp³-hybridized carbons (Fsp3) is 0.357. The number of rotatable bonds is 6. The van der Waals surface area contributed by atoms with E-state index in [1.807, 2.05) is 4.90 Å². The Kier molecular flexibility index (Phi) is 7.66. The van der Waals surface area contributed by atoms with E-state index in [4.69, 9.17) is 4.74 Å². The minimum Gasteiger partial charge on any atom is -0.481 e. The smallest absolute Gasteiger partial charge is 0.433 e. The molecule has 0 bridgehead atoms. The first-order chi connectivity index (χ1) is 19.5. The molecule has 0 aliphatic carbocycles. The van der Waals surface area contributed by atoms with Crippen molar-refractivity contribution in [1.82, 2.24) is 29.4 Å². The van der Waals surface area contributed by atoms with E-state index in [0.717, 1.165) is 6.20 Å². The van der Waals surface area contributed by atoms with E-state index in [2.05, 4.69) is 15.1 Å². The van der Waals surface area contributed by atoms with E-state index in [0.29, 0.717) is 28.7 Å². The summed E-state index contributed by atoms with van der Waals surface area (Å²) < 4.78 is 63.0. The van der Waals surface area contributed by atoms with Crippen LogP contribution in [0, 0.1) is 12.7 Å². The highest BCUT2D eigenvalue weighted by molar-refractivity contribution is 6.00. The molecule has 5 rings (SSSR count). The van der Waals surface area contributed by atoms with Gasteiger partial charge in [0.05, 0.1) is 31.6 Å². The maximum absolute atomic E-state index is 14.4. The second-order valence-corrected chi connectivity index (χ2v) is 9.88. The Hall–Kier alpha value is -4.10. The van der Waals surface area contributed by atoms with Gasteiger partial charge in [0.1, 0.15) is 11.4 Å². The third-order valence-corrected chi connectivity index (χ3v) is 7.40. The average Bonchev–Trinajstić information content (AvgIpc) is 3.36. The molecule has 1 N–H and O–H groups in total. The largest absolute Gasteiger partial charge is 0.481 e. The molecule has 1 saturated heterocycles. The van der Waals surface area contributed by atoms with E-state index in [-0.39, 0.29) is 41.5 Å². The minimum atomic E-state index is -4.78. The highest BCUT2D eigenvalue weighted by atomic mass is 19.4. The number of aromatic nitrogens is 4. The first-order valence-corrected chi connectivity index (χ1v) is 12.9. The Balaban J connectivity index is 1.49. The van der Waals surface area contributed by atoms with Crippen molar-refractivity contribution in [1.29, 1.82) is 0 Å². The van der Waals surface area contributed by atoms with Crippen molar-refractivity contribution in [3.05, 3.63) is 77.0 Å². The van der Waals surface area contributed by atoms with Crippen LogP contribution in [0.3, 0.4) is 0 Å². The molecule has 0 saturated carbocycles. The molecular formula is C28H28F4N6O3. The summed E-state index contributed by atoms with van der Waals surface area (Å²) >= 11 is 0. The quantitative estimate of drug-likeness (QED) is 0.347. The molecule has 4 heterocycles. The van der Waals surface area contributed by atoms with Crippen LogP contribution in [0.15, 0.2) is 48.8 Å². The van der Waals surface area contributed by atoms with Gasteiger partial charge in [0, 0.05) is 54.6 Å². The fourth-order valence-electron chi connectivity index (χ4n) is 5.36. The van der Waals surface area contributed by atoms with Gasteiger partial charge in [-0.2, -0.15) is 18.3 Å². The molecule has 1 fully saturated rings. The number of piperazine rings is 1. The molecule has 216 valence electrons. The van der Waals surface area contributed by atoms with Crippen LogP contribution in [-0.4, -0.2) is 79.8 Å². The lowest BCUT2D eigenvalue weighted by Crippen LogP contribution is -2.55. The zero-order valence-corrected chi connectivity index (χ0v) is 22.6. The van der Waals surface area contributed by atoms with Crippen LogP contribution in [-0.2, 0) is 6.18 Å². The standard InChI is InChI=1S/C28H28F4N6O3/c1-16-14-36(22(15-39)19-6-4-5-7-21(19)29)10-11-37(16)27(40)20-13-34-38-25(28(30,31)32)17(2)24(35-26(20)38)18-8-9-23(41-3)33-12-18/h4-9,12-13,16,22,39H,10-11,14-15H2,1-3H3/t16-,22?/m1/s1. The highest BCUT2D eigenvalue weighted by Crippen LogP contribution is 2.37. The van der Waals surface area contributed by atoms with Gasteiger partial charge in [-0.1, -0.05) is 18.2 Å². The van der Waals surface area contributed by atoms with Gasteiger partial charge in [-0.3, -0.25) is 9.69 Å². The monoisotopic (exact) mass is 572 g/mol. The number of aliphatic hydroxyl groups excluding tert-OH is 1. The number of fused-ring (bicyclic) bond motifs is 1. The molecule has 1 aliphatic rings. The number of carbonyl (C=O) groups excluding carboxylic acids is 1. The van der Waals surface area contributed by atoms with Crippen molar-refractivity contribution in [2.75, 3.05) is 33.4 Å². The summed E-state index contributed by atoms with van der Waals surface area (Å²) in [6.45, 7) is 3.61. The van der Waals surface area contributed by atoms with Gasteiger partial charge in [0.25, 0.3) is 5.91 Å². The van der Waals surface area contributed by atoms with Gasteiger partial charge in [-0.05, 0) is 26.0 Å². The van der Waals surface area contributed by atoms with Gasteiger partial charge >= 0.3 is 6.18 Å². The molecule has 0 spiro atoms. The predicted octanol–water partition coefficient (Wildman–Crippen LogP) is 4.15. The molecule has 9 nitrogen and oxygen atoms in total. The van der Waals surface area contributed by atoms with Crippen molar-refractivity contribution in [2.24, 2.45) is 0 Å². The summed E-state index contributed by atoms with van der Waals surface area (Å²) in [6.07, 6.45) is -2.32. The SMILES string of the molecule is COc1ccc(-c2nc3c(C(=O)N4CCN(C(CO)c5ccccc5F)C[C@H]4C)cnn3c(C(F)(F)F)c2C)cn1. The van der Waals surface area contributed by atoms with Crippen molar-refractivity contribution in [3.8, 4) is 17.1 Å². The number of hydrogen-bond acceptors (Lipinski definition) is 7. The number of halogens is 4.